The standard InChI is InChI=1S/C23H34N2O4/c26-19-12-10-17(16-20(19)27)11-13-21(28)24-22(18-8-4-3-5-9-18)23(29)25-14-6-1-2-7-15-25/h10,12,16,18,22,26-27H,1-9,11,13-15H2,(H,24,28). The number of nitrogens with one attached hydrogen (secondary N) is 1. The van der Waals surface area contributed by atoms with Crippen LogP contribution in [0.3, 0.4) is 0 Å². The molecule has 1 unspecified atom stereocenters. The molecule has 0 aromatic heterocycles. The van der Waals surface area contributed by atoms with Crippen molar-refractivity contribution in [3.05, 3.63) is 23.8 Å². The van der Waals surface area contributed by atoms with Crippen LogP contribution in [0.5, 0.6) is 11.5 Å². The van der Waals surface area contributed by atoms with Crippen molar-refractivity contribution in [1.29, 1.82) is 0 Å². The van der Waals surface area contributed by atoms with Crippen LogP contribution in [0.25, 0.3) is 0 Å². The molecule has 0 bridgehead atoms. The number of aryl methyl sites for hydroxylation is 1. The van der Waals surface area contributed by atoms with Gasteiger partial charge in [0.05, 0.1) is 0 Å². The Morgan fingerprint density at radius 3 is 2.28 bits per heavy atom. The highest BCUT2D eigenvalue weighted by Gasteiger charge is 2.33. The van der Waals surface area contributed by atoms with E-state index in [0.29, 0.717) is 6.42 Å². The van der Waals surface area contributed by atoms with Gasteiger partial charge in [0.2, 0.25) is 11.8 Å². The third-order valence-corrected chi connectivity index (χ3v) is 6.30. The monoisotopic (exact) mass is 402 g/mol. The molecule has 1 aromatic carbocycles. The van der Waals surface area contributed by atoms with Crippen LogP contribution >= 0.6 is 0 Å². The number of amides is 2. The molecule has 29 heavy (non-hydrogen) atoms. The Morgan fingerprint density at radius 2 is 1.62 bits per heavy atom. The van der Waals surface area contributed by atoms with Gasteiger partial charge in [-0.2, -0.15) is 0 Å². The highest BCUT2D eigenvalue weighted by Crippen LogP contribution is 2.28. The summed E-state index contributed by atoms with van der Waals surface area (Å²) in [7, 11) is 0. The average Bonchev–Trinajstić information content (AvgIpc) is 3.02. The molecular formula is C23H34N2O4. The lowest BCUT2D eigenvalue weighted by Crippen LogP contribution is -2.53. The van der Waals surface area contributed by atoms with Crippen LogP contribution < -0.4 is 5.32 Å². The first-order valence-corrected chi connectivity index (χ1v) is 11.1. The van der Waals surface area contributed by atoms with Gasteiger partial charge in [-0.05, 0) is 55.7 Å². The zero-order valence-corrected chi connectivity index (χ0v) is 17.2. The molecule has 0 radical (unpaired) electrons. The van der Waals surface area contributed by atoms with Crippen LogP contribution in [-0.4, -0.2) is 46.1 Å². The van der Waals surface area contributed by atoms with E-state index < -0.39 is 6.04 Å². The molecule has 160 valence electrons. The normalized spacial score (nSPS) is 19.4. The van der Waals surface area contributed by atoms with E-state index in [1.54, 1.807) is 6.07 Å². The summed E-state index contributed by atoms with van der Waals surface area (Å²) >= 11 is 0. The second kappa shape index (κ2) is 10.5. The lowest BCUT2D eigenvalue weighted by molar-refractivity contribution is -0.138. The third-order valence-electron chi connectivity index (χ3n) is 6.30. The molecule has 1 aliphatic heterocycles. The van der Waals surface area contributed by atoms with E-state index in [-0.39, 0.29) is 35.7 Å². The molecular weight excluding hydrogens is 368 g/mol. The number of benzene rings is 1. The molecule has 1 heterocycles. The number of nitrogens with zero attached hydrogens (tertiary/aromatic N) is 1. The SMILES string of the molecule is O=C(CCc1ccc(O)c(O)c1)NC(C(=O)N1CCCCCC1)C1CCCCC1. The summed E-state index contributed by atoms with van der Waals surface area (Å²) in [4.78, 5) is 27.9. The quantitative estimate of drug-likeness (QED) is 0.635. The fraction of sp³-hybridized carbons (Fsp3) is 0.652. The Balaban J connectivity index is 1.62. The molecule has 1 aromatic rings. The van der Waals surface area contributed by atoms with Crippen molar-refractivity contribution < 1.29 is 19.8 Å². The molecule has 1 saturated heterocycles. The lowest BCUT2D eigenvalue weighted by atomic mass is 9.83. The maximum atomic E-state index is 13.3. The summed E-state index contributed by atoms with van der Waals surface area (Å²) in [5, 5.41) is 22.1. The number of phenolic OH excluding ortho intramolecular Hbond substituents is 2. The largest absolute Gasteiger partial charge is 0.504 e. The zero-order chi connectivity index (χ0) is 20.6. The van der Waals surface area contributed by atoms with Gasteiger partial charge >= 0.3 is 0 Å². The van der Waals surface area contributed by atoms with Crippen LogP contribution in [-0.2, 0) is 16.0 Å². The lowest BCUT2D eigenvalue weighted by Gasteiger charge is -2.34. The van der Waals surface area contributed by atoms with Gasteiger partial charge in [-0.1, -0.05) is 38.2 Å². The van der Waals surface area contributed by atoms with Crippen molar-refractivity contribution in [2.75, 3.05) is 13.1 Å². The van der Waals surface area contributed by atoms with Crippen molar-refractivity contribution in [3.8, 4) is 11.5 Å². The fourth-order valence-corrected chi connectivity index (χ4v) is 4.56. The highest BCUT2D eigenvalue weighted by atomic mass is 16.3. The Labute approximate surface area is 173 Å². The van der Waals surface area contributed by atoms with E-state index in [1.807, 2.05) is 4.90 Å². The molecule has 2 aliphatic rings. The minimum absolute atomic E-state index is 0.0921. The highest BCUT2D eigenvalue weighted by molar-refractivity contribution is 5.88. The van der Waals surface area contributed by atoms with Crippen LogP contribution in [0.2, 0.25) is 0 Å². The van der Waals surface area contributed by atoms with Crippen molar-refractivity contribution in [2.24, 2.45) is 5.92 Å². The van der Waals surface area contributed by atoms with Crippen LogP contribution in [0.1, 0.15) is 69.8 Å². The van der Waals surface area contributed by atoms with Crippen LogP contribution in [0, 0.1) is 5.92 Å². The Bertz CT molecular complexity index is 692. The summed E-state index contributed by atoms with van der Waals surface area (Å²) in [5.74, 6) is -0.162. The Hall–Kier alpha value is -2.24. The van der Waals surface area contributed by atoms with Gasteiger partial charge in [-0.15, -0.1) is 0 Å². The van der Waals surface area contributed by atoms with Gasteiger partial charge in [0.1, 0.15) is 6.04 Å². The van der Waals surface area contributed by atoms with Gasteiger partial charge in [-0.25, -0.2) is 0 Å². The third kappa shape index (κ3) is 6.12. The van der Waals surface area contributed by atoms with Crippen LogP contribution in [0.4, 0.5) is 0 Å². The number of likely N-dealkylation sites (tertiary alicyclic amines) is 1. The first-order valence-electron chi connectivity index (χ1n) is 11.1. The van der Waals surface area contributed by atoms with E-state index in [1.165, 1.54) is 31.4 Å². The zero-order valence-electron chi connectivity index (χ0n) is 17.2. The van der Waals surface area contributed by atoms with Crippen LogP contribution in [0.15, 0.2) is 18.2 Å². The number of hydrogen-bond donors (Lipinski definition) is 3. The van der Waals surface area contributed by atoms with Gasteiger partial charge < -0.3 is 20.4 Å². The summed E-state index contributed by atoms with van der Waals surface area (Å²) < 4.78 is 0. The van der Waals surface area contributed by atoms with E-state index in [0.717, 1.165) is 57.2 Å². The molecule has 6 heteroatoms. The van der Waals surface area contributed by atoms with Gasteiger partial charge in [0, 0.05) is 19.5 Å². The van der Waals surface area contributed by atoms with Crippen molar-refractivity contribution in [2.45, 2.75) is 76.7 Å². The molecule has 0 spiro atoms. The second-order valence-electron chi connectivity index (χ2n) is 8.51. The topological polar surface area (TPSA) is 89.9 Å². The predicted octanol–water partition coefficient (Wildman–Crippen LogP) is 3.50. The minimum atomic E-state index is -0.422. The number of phenols is 2. The molecule has 3 rings (SSSR count). The first kappa shape index (κ1) is 21.5. The Morgan fingerprint density at radius 1 is 0.966 bits per heavy atom. The fourth-order valence-electron chi connectivity index (χ4n) is 4.56. The number of carbonyl (C=O) groups excluding carboxylic acids is 2. The van der Waals surface area contributed by atoms with E-state index >= 15 is 0 Å². The minimum Gasteiger partial charge on any atom is -0.504 e. The maximum absolute atomic E-state index is 13.3. The molecule has 1 atom stereocenters. The molecule has 2 amide bonds. The molecule has 1 saturated carbocycles. The Kier molecular flexibility index (Phi) is 7.78. The van der Waals surface area contributed by atoms with E-state index in [9.17, 15) is 19.8 Å². The number of hydrogen-bond acceptors (Lipinski definition) is 4. The van der Waals surface area contributed by atoms with Gasteiger partial charge in [-0.3, -0.25) is 9.59 Å². The molecule has 1 aliphatic carbocycles. The van der Waals surface area contributed by atoms with Crippen molar-refractivity contribution >= 4 is 11.8 Å². The predicted molar refractivity (Wildman–Crippen MR) is 112 cm³/mol. The number of aromatic hydroxyl groups is 2. The molecule has 2 fully saturated rings. The molecule has 3 N–H and O–H groups in total. The van der Waals surface area contributed by atoms with Gasteiger partial charge in [0.15, 0.2) is 11.5 Å². The average molecular weight is 403 g/mol. The van der Waals surface area contributed by atoms with Crippen molar-refractivity contribution in [3.63, 3.8) is 0 Å². The summed E-state index contributed by atoms with van der Waals surface area (Å²) in [6.07, 6.45) is 10.6. The number of carbonyl (C=O) groups is 2. The number of rotatable bonds is 6. The second-order valence-corrected chi connectivity index (χ2v) is 8.51. The summed E-state index contributed by atoms with van der Waals surface area (Å²) in [6, 6.07) is 4.18. The van der Waals surface area contributed by atoms with Gasteiger partial charge in [0.25, 0.3) is 0 Å². The summed E-state index contributed by atoms with van der Waals surface area (Å²) in [5.41, 5.74) is 0.781. The van der Waals surface area contributed by atoms with Crippen molar-refractivity contribution in [1.82, 2.24) is 10.2 Å². The van der Waals surface area contributed by atoms with E-state index in [2.05, 4.69) is 5.32 Å². The smallest absolute Gasteiger partial charge is 0.245 e. The van der Waals surface area contributed by atoms with E-state index in [4.69, 9.17) is 0 Å². The maximum Gasteiger partial charge on any atom is 0.245 e. The first-order chi connectivity index (χ1) is 14.0. The molecule has 6 nitrogen and oxygen atoms in total. The summed E-state index contributed by atoms with van der Waals surface area (Å²) in [6.45, 7) is 1.59.